The molecule has 1 aliphatic rings. The molecule has 0 saturated carbocycles. The van der Waals surface area contributed by atoms with Crippen molar-refractivity contribution < 1.29 is 14.0 Å². The van der Waals surface area contributed by atoms with E-state index in [2.05, 4.69) is 15.3 Å². The number of hydrogen-bond acceptors (Lipinski definition) is 4. The molecule has 0 atom stereocenters. The highest BCUT2D eigenvalue weighted by molar-refractivity contribution is 5.95. The summed E-state index contributed by atoms with van der Waals surface area (Å²) >= 11 is 0. The number of hydrogen-bond donors (Lipinski definition) is 1. The standard InChI is InChI=1S/C23H24FN5O2/c1-17(30)25-22-15-21(26-29(22)20-5-3-2-4-6-20)23(31)28-13-11-27(12-14-28)16-18-7-9-19(24)10-8-18/h2-10,15H,11-14,16H2,1H3,(H,25,30). The lowest BCUT2D eigenvalue weighted by Gasteiger charge is -2.34. The Labute approximate surface area is 180 Å². The number of carbonyl (C=O) groups excluding carboxylic acids is 2. The first-order valence-corrected chi connectivity index (χ1v) is 10.2. The van der Waals surface area contributed by atoms with Gasteiger partial charge in [0.25, 0.3) is 5.91 Å². The van der Waals surface area contributed by atoms with E-state index in [1.54, 1.807) is 27.8 Å². The number of benzene rings is 2. The van der Waals surface area contributed by atoms with Gasteiger partial charge in [-0.2, -0.15) is 5.10 Å². The van der Waals surface area contributed by atoms with Gasteiger partial charge in [-0.1, -0.05) is 30.3 Å². The fourth-order valence-corrected chi connectivity index (χ4v) is 3.64. The molecule has 0 spiro atoms. The third kappa shape index (κ3) is 4.97. The summed E-state index contributed by atoms with van der Waals surface area (Å²) in [5.41, 5.74) is 2.09. The molecule has 0 radical (unpaired) electrons. The van der Waals surface area contributed by atoms with Gasteiger partial charge in [-0.25, -0.2) is 9.07 Å². The normalized spacial score (nSPS) is 14.5. The molecule has 2 heterocycles. The summed E-state index contributed by atoms with van der Waals surface area (Å²) < 4.78 is 14.7. The van der Waals surface area contributed by atoms with Crippen molar-refractivity contribution in [1.82, 2.24) is 19.6 Å². The van der Waals surface area contributed by atoms with Crippen molar-refractivity contribution in [1.29, 1.82) is 0 Å². The van der Waals surface area contributed by atoms with Crippen molar-refractivity contribution in [2.24, 2.45) is 0 Å². The molecule has 31 heavy (non-hydrogen) atoms. The van der Waals surface area contributed by atoms with Gasteiger partial charge in [0.1, 0.15) is 11.6 Å². The number of amides is 2. The minimum absolute atomic E-state index is 0.164. The second kappa shape index (κ2) is 9.09. The van der Waals surface area contributed by atoms with Crippen LogP contribution < -0.4 is 5.32 Å². The van der Waals surface area contributed by atoms with Crippen LogP contribution >= 0.6 is 0 Å². The van der Waals surface area contributed by atoms with E-state index in [9.17, 15) is 14.0 Å². The summed E-state index contributed by atoms with van der Waals surface area (Å²) in [5.74, 6) is -0.182. The lowest BCUT2D eigenvalue weighted by Crippen LogP contribution is -2.48. The molecule has 1 aliphatic heterocycles. The number of halogens is 1. The maximum absolute atomic E-state index is 13.1. The molecule has 8 heteroatoms. The Balaban J connectivity index is 1.44. The summed E-state index contributed by atoms with van der Waals surface area (Å²) in [7, 11) is 0. The van der Waals surface area contributed by atoms with E-state index in [0.717, 1.165) is 30.9 Å². The van der Waals surface area contributed by atoms with Gasteiger partial charge in [0.2, 0.25) is 5.91 Å². The van der Waals surface area contributed by atoms with Crippen molar-refractivity contribution in [3.63, 3.8) is 0 Å². The van der Waals surface area contributed by atoms with Crippen LogP contribution in [0.2, 0.25) is 0 Å². The SMILES string of the molecule is CC(=O)Nc1cc(C(=O)N2CCN(Cc3ccc(F)cc3)CC2)nn1-c1ccccc1. The quantitative estimate of drug-likeness (QED) is 0.688. The fraction of sp³-hybridized carbons (Fsp3) is 0.261. The van der Waals surface area contributed by atoms with Crippen LogP contribution in [0.25, 0.3) is 5.69 Å². The number of anilines is 1. The molecule has 1 fully saturated rings. The monoisotopic (exact) mass is 421 g/mol. The summed E-state index contributed by atoms with van der Waals surface area (Å²) in [4.78, 5) is 28.7. The number of piperazine rings is 1. The number of rotatable bonds is 5. The van der Waals surface area contributed by atoms with E-state index in [1.165, 1.54) is 19.1 Å². The number of carbonyl (C=O) groups is 2. The smallest absolute Gasteiger partial charge is 0.274 e. The Morgan fingerprint density at radius 3 is 2.32 bits per heavy atom. The Morgan fingerprint density at radius 1 is 1.00 bits per heavy atom. The zero-order valence-corrected chi connectivity index (χ0v) is 17.3. The Kier molecular flexibility index (Phi) is 6.08. The predicted molar refractivity (Wildman–Crippen MR) is 115 cm³/mol. The molecule has 1 N–H and O–H groups in total. The van der Waals surface area contributed by atoms with E-state index >= 15 is 0 Å². The summed E-state index contributed by atoms with van der Waals surface area (Å²) in [6, 6.07) is 17.5. The average Bonchev–Trinajstić information content (AvgIpc) is 3.19. The van der Waals surface area contributed by atoms with Crippen molar-refractivity contribution in [3.8, 4) is 5.69 Å². The molecule has 2 amide bonds. The molecule has 2 aromatic carbocycles. The molecule has 4 rings (SSSR count). The van der Waals surface area contributed by atoms with E-state index in [1.807, 2.05) is 30.3 Å². The highest BCUT2D eigenvalue weighted by Gasteiger charge is 2.25. The molecule has 160 valence electrons. The molecule has 0 unspecified atom stereocenters. The summed E-state index contributed by atoms with van der Waals surface area (Å²) in [6.45, 7) is 4.74. The van der Waals surface area contributed by atoms with E-state index in [-0.39, 0.29) is 17.6 Å². The molecule has 1 saturated heterocycles. The van der Waals surface area contributed by atoms with Crippen LogP contribution in [0.15, 0.2) is 60.7 Å². The second-order valence-electron chi connectivity index (χ2n) is 7.54. The minimum Gasteiger partial charge on any atom is -0.335 e. The van der Waals surface area contributed by atoms with Gasteiger partial charge in [0.05, 0.1) is 5.69 Å². The zero-order chi connectivity index (χ0) is 21.8. The van der Waals surface area contributed by atoms with Crippen LogP contribution in [-0.4, -0.2) is 57.6 Å². The zero-order valence-electron chi connectivity index (χ0n) is 17.3. The highest BCUT2D eigenvalue weighted by atomic mass is 19.1. The van der Waals surface area contributed by atoms with Gasteiger partial charge in [0, 0.05) is 45.7 Å². The Hall–Kier alpha value is -3.52. The van der Waals surface area contributed by atoms with E-state index < -0.39 is 0 Å². The molecule has 1 aromatic heterocycles. The number of para-hydroxylation sites is 1. The highest BCUT2D eigenvalue weighted by Crippen LogP contribution is 2.19. The molecule has 0 aliphatic carbocycles. The first kappa shape index (κ1) is 20.7. The first-order valence-electron chi connectivity index (χ1n) is 10.2. The molecular formula is C23H24FN5O2. The average molecular weight is 421 g/mol. The topological polar surface area (TPSA) is 70.5 Å². The number of nitrogens with one attached hydrogen (secondary N) is 1. The summed E-state index contributed by atoms with van der Waals surface area (Å²) in [5, 5.41) is 7.21. The van der Waals surface area contributed by atoms with Gasteiger partial charge in [0.15, 0.2) is 5.69 Å². The van der Waals surface area contributed by atoms with Crippen LogP contribution in [-0.2, 0) is 11.3 Å². The van der Waals surface area contributed by atoms with Crippen molar-refractivity contribution >= 4 is 17.6 Å². The molecule has 0 bridgehead atoms. The van der Waals surface area contributed by atoms with Crippen LogP contribution in [0.3, 0.4) is 0 Å². The second-order valence-corrected chi connectivity index (χ2v) is 7.54. The number of aromatic nitrogens is 2. The van der Waals surface area contributed by atoms with Gasteiger partial charge < -0.3 is 10.2 Å². The largest absolute Gasteiger partial charge is 0.335 e. The van der Waals surface area contributed by atoms with Crippen molar-refractivity contribution in [2.75, 3.05) is 31.5 Å². The van der Waals surface area contributed by atoms with Gasteiger partial charge in [-0.3, -0.25) is 14.5 Å². The van der Waals surface area contributed by atoms with Gasteiger partial charge in [-0.05, 0) is 29.8 Å². The van der Waals surface area contributed by atoms with E-state index in [4.69, 9.17) is 0 Å². The maximum Gasteiger partial charge on any atom is 0.274 e. The van der Waals surface area contributed by atoms with Gasteiger partial charge in [-0.15, -0.1) is 0 Å². The van der Waals surface area contributed by atoms with Crippen LogP contribution in [0.4, 0.5) is 10.2 Å². The van der Waals surface area contributed by atoms with Crippen LogP contribution in [0.1, 0.15) is 23.0 Å². The Bertz CT molecular complexity index is 1060. The Morgan fingerprint density at radius 2 is 1.68 bits per heavy atom. The fourth-order valence-electron chi connectivity index (χ4n) is 3.64. The molecule has 7 nitrogen and oxygen atoms in total. The third-order valence-corrected chi connectivity index (χ3v) is 5.21. The minimum atomic E-state index is -0.243. The van der Waals surface area contributed by atoms with Crippen molar-refractivity contribution in [3.05, 3.63) is 77.7 Å². The summed E-state index contributed by atoms with van der Waals surface area (Å²) in [6.07, 6.45) is 0. The van der Waals surface area contributed by atoms with E-state index in [0.29, 0.717) is 24.6 Å². The van der Waals surface area contributed by atoms with Crippen LogP contribution in [0, 0.1) is 5.82 Å². The van der Waals surface area contributed by atoms with Crippen LogP contribution in [0.5, 0.6) is 0 Å². The predicted octanol–water partition coefficient (Wildman–Crippen LogP) is 2.93. The number of nitrogens with zero attached hydrogens (tertiary/aromatic N) is 4. The van der Waals surface area contributed by atoms with Crippen molar-refractivity contribution in [2.45, 2.75) is 13.5 Å². The lowest BCUT2D eigenvalue weighted by molar-refractivity contribution is -0.114. The molecule has 3 aromatic rings. The maximum atomic E-state index is 13.1. The lowest BCUT2D eigenvalue weighted by atomic mass is 10.2. The first-order chi connectivity index (χ1) is 15.0. The third-order valence-electron chi connectivity index (χ3n) is 5.21. The van der Waals surface area contributed by atoms with Gasteiger partial charge >= 0.3 is 0 Å². The molecular weight excluding hydrogens is 397 g/mol.